The van der Waals surface area contributed by atoms with E-state index in [9.17, 15) is 29.1 Å². The van der Waals surface area contributed by atoms with Crippen LogP contribution in [0.1, 0.15) is 111 Å². The summed E-state index contributed by atoms with van der Waals surface area (Å²) < 4.78 is 0. The molecule has 8 rings (SSSR count). The largest absolute Gasteiger partial charge is 0.388 e. The van der Waals surface area contributed by atoms with Crippen molar-refractivity contribution in [2.75, 3.05) is 33.5 Å². The number of ketones is 1. The predicted octanol–water partition coefficient (Wildman–Crippen LogP) is 11.5. The van der Waals surface area contributed by atoms with Gasteiger partial charge in [0.25, 0.3) is 23.6 Å². The first-order valence-corrected chi connectivity index (χ1v) is 21.8. The van der Waals surface area contributed by atoms with E-state index in [1.165, 1.54) is 0 Å². The van der Waals surface area contributed by atoms with E-state index >= 15 is 0 Å². The predicted molar refractivity (Wildman–Crippen MR) is 255 cm³/mol. The van der Waals surface area contributed by atoms with Gasteiger partial charge < -0.3 is 25.5 Å². The van der Waals surface area contributed by atoms with Crippen molar-refractivity contribution in [2.45, 2.75) is 59.5 Å². The monoisotopic (exact) mass is 894 g/mol. The Kier molecular flexibility index (Phi) is 14.1. The lowest BCUT2D eigenvalue weighted by Crippen LogP contribution is -2.32. The molecule has 1 unspecified atom stereocenters. The number of aryl methyl sites for hydroxylation is 4. The summed E-state index contributed by atoms with van der Waals surface area (Å²) in [6, 6.07) is 35.6. The minimum absolute atomic E-state index is 0.0104. The summed E-state index contributed by atoms with van der Waals surface area (Å²) in [7, 11) is 0. The Hall–Kier alpha value is -6.59. The van der Waals surface area contributed by atoms with E-state index in [0.717, 1.165) is 22.3 Å². The fourth-order valence-electron chi connectivity index (χ4n) is 8.10. The van der Waals surface area contributed by atoms with Gasteiger partial charge in [-0.25, -0.2) is 0 Å². The van der Waals surface area contributed by atoms with Gasteiger partial charge in [-0.3, -0.25) is 24.0 Å². The molecular weight excluding hydrogens is 847 g/mol. The molecule has 6 aromatic carbocycles. The van der Waals surface area contributed by atoms with Crippen molar-refractivity contribution in [3.8, 4) is 0 Å². The Balaban J connectivity index is 0.000000191. The Labute approximate surface area is 382 Å². The lowest BCUT2D eigenvalue weighted by atomic mass is 10.0. The van der Waals surface area contributed by atoms with Crippen molar-refractivity contribution in [3.63, 3.8) is 0 Å². The number of carbonyl (C=O) groups is 5. The fraction of sp³-hybridized carbons (Fsp3) is 0.212. The van der Waals surface area contributed by atoms with Gasteiger partial charge in [-0.1, -0.05) is 59.6 Å². The molecule has 64 heavy (non-hydrogen) atoms. The summed E-state index contributed by atoms with van der Waals surface area (Å²) in [4.78, 5) is 67.9. The summed E-state index contributed by atoms with van der Waals surface area (Å²) in [6.07, 6.45) is 1.56. The van der Waals surface area contributed by atoms with E-state index in [0.29, 0.717) is 105 Å². The van der Waals surface area contributed by atoms with Crippen LogP contribution < -0.4 is 20.4 Å². The van der Waals surface area contributed by atoms with Crippen LogP contribution in [0.15, 0.2) is 121 Å². The number of Topliss-reactive ketones (excluding diaryl/α,β-unsaturated/α-hetero) is 1. The molecule has 10 nitrogen and oxygen atoms in total. The highest BCUT2D eigenvalue weighted by Crippen LogP contribution is 2.36. The molecule has 1 atom stereocenters. The third-order valence-corrected chi connectivity index (χ3v) is 12.0. The number of aliphatic hydroxyl groups is 1. The van der Waals surface area contributed by atoms with E-state index in [1.54, 1.807) is 94.7 Å². The standard InChI is InChI=1S/C26H25ClN2O3.C26H23ClN2O3/c2*1-16-6-3-4-7-20(16)25(31)28-19-10-11-21(17(2)14-19)26(32)29-13-5-8-24(30)22-15-18(27)9-12-23(22)29/h3-4,6-7,9-12,14-15,24,30H,5,8,13H2,1-2H3,(H,28,31);3-4,6-7,9-12,14-15H,5,8,13H2,1-2H3,(H,28,31). The van der Waals surface area contributed by atoms with Crippen molar-refractivity contribution < 1.29 is 29.1 Å². The zero-order chi connectivity index (χ0) is 45.7. The summed E-state index contributed by atoms with van der Waals surface area (Å²) in [6.45, 7) is 8.43. The molecule has 3 N–H and O–H groups in total. The van der Waals surface area contributed by atoms with Crippen LogP contribution in [-0.4, -0.2) is 47.6 Å². The Morgan fingerprint density at radius 3 is 1.58 bits per heavy atom. The maximum atomic E-state index is 13.5. The maximum absolute atomic E-state index is 13.5. The highest BCUT2D eigenvalue weighted by atomic mass is 35.5. The minimum Gasteiger partial charge on any atom is -0.388 e. The molecule has 12 heteroatoms. The van der Waals surface area contributed by atoms with Gasteiger partial charge in [0.1, 0.15) is 0 Å². The highest BCUT2D eigenvalue weighted by molar-refractivity contribution is 6.31. The van der Waals surface area contributed by atoms with Gasteiger partial charge in [0.05, 0.1) is 11.8 Å². The number of carbonyl (C=O) groups excluding carboxylic acids is 5. The van der Waals surface area contributed by atoms with Crippen molar-refractivity contribution >= 4 is 75.4 Å². The average Bonchev–Trinajstić information content (AvgIpc) is 3.53. The third kappa shape index (κ3) is 10.1. The summed E-state index contributed by atoms with van der Waals surface area (Å²) in [5.74, 6) is -0.717. The molecule has 0 aliphatic carbocycles. The normalized spacial score (nSPS) is 14.5. The number of nitrogens with one attached hydrogen (secondary N) is 2. The van der Waals surface area contributed by atoms with Crippen molar-refractivity contribution in [1.29, 1.82) is 0 Å². The molecule has 0 bridgehead atoms. The van der Waals surface area contributed by atoms with Gasteiger partial charge in [-0.15, -0.1) is 0 Å². The van der Waals surface area contributed by atoms with Crippen molar-refractivity contribution in [2.24, 2.45) is 0 Å². The molecule has 2 aliphatic rings. The minimum atomic E-state index is -0.651. The number of hydrogen-bond acceptors (Lipinski definition) is 6. The first kappa shape index (κ1) is 45.4. The van der Waals surface area contributed by atoms with Crippen molar-refractivity contribution in [3.05, 3.63) is 187 Å². The van der Waals surface area contributed by atoms with Crippen LogP contribution in [0.3, 0.4) is 0 Å². The third-order valence-electron chi connectivity index (χ3n) is 11.5. The maximum Gasteiger partial charge on any atom is 0.258 e. The van der Waals surface area contributed by atoms with E-state index in [-0.39, 0.29) is 29.4 Å². The lowest BCUT2D eigenvalue weighted by molar-refractivity contribution is 0.0973. The lowest BCUT2D eigenvalue weighted by Gasteiger charge is -2.24. The topological polar surface area (TPSA) is 136 Å². The summed E-state index contributed by atoms with van der Waals surface area (Å²) in [5, 5.41) is 17.3. The zero-order valence-electron chi connectivity index (χ0n) is 36.0. The number of benzene rings is 6. The van der Waals surface area contributed by atoms with E-state index in [1.807, 2.05) is 64.1 Å². The van der Waals surface area contributed by atoms with Gasteiger partial charge in [0, 0.05) is 80.0 Å². The second-order valence-electron chi connectivity index (χ2n) is 16.1. The second-order valence-corrected chi connectivity index (χ2v) is 16.9. The number of anilines is 4. The molecule has 2 aliphatic heterocycles. The van der Waals surface area contributed by atoms with Gasteiger partial charge in [-0.05, 0) is 154 Å². The molecule has 0 spiro atoms. The summed E-state index contributed by atoms with van der Waals surface area (Å²) in [5.41, 5.74) is 9.24. The first-order valence-electron chi connectivity index (χ1n) is 21.1. The van der Waals surface area contributed by atoms with Gasteiger partial charge in [0.15, 0.2) is 5.78 Å². The molecule has 6 aromatic rings. The van der Waals surface area contributed by atoms with Crippen LogP contribution in [0.25, 0.3) is 0 Å². The number of amides is 4. The molecule has 0 fully saturated rings. The van der Waals surface area contributed by atoms with Gasteiger partial charge in [-0.2, -0.15) is 0 Å². The number of nitrogens with zero attached hydrogens (tertiary/aromatic N) is 2. The van der Waals surface area contributed by atoms with E-state index < -0.39 is 6.10 Å². The number of rotatable bonds is 6. The van der Waals surface area contributed by atoms with E-state index in [2.05, 4.69) is 10.6 Å². The first-order chi connectivity index (χ1) is 30.7. The molecule has 326 valence electrons. The molecule has 0 saturated carbocycles. The quantitative estimate of drug-likeness (QED) is 0.152. The molecule has 2 heterocycles. The number of aliphatic hydroxyl groups excluding tert-OH is 1. The molecule has 4 amide bonds. The Morgan fingerprint density at radius 2 is 1.05 bits per heavy atom. The fourth-order valence-corrected chi connectivity index (χ4v) is 8.46. The van der Waals surface area contributed by atoms with Crippen LogP contribution in [-0.2, 0) is 0 Å². The Bertz CT molecular complexity index is 2810. The van der Waals surface area contributed by atoms with Crippen LogP contribution in [0.2, 0.25) is 10.0 Å². The number of hydrogen-bond donors (Lipinski definition) is 3. The van der Waals surface area contributed by atoms with Crippen LogP contribution in [0.4, 0.5) is 22.7 Å². The second kappa shape index (κ2) is 19.8. The van der Waals surface area contributed by atoms with Crippen LogP contribution in [0, 0.1) is 27.7 Å². The molecular formula is C52H48Cl2N4O6. The SMILES string of the molecule is Cc1ccccc1C(=O)Nc1ccc(C(=O)N2CCCC(=O)c3cc(Cl)ccc32)c(C)c1.Cc1ccccc1C(=O)Nc1ccc(C(=O)N2CCCC(O)c3cc(Cl)ccc32)c(C)c1. The van der Waals surface area contributed by atoms with E-state index in [4.69, 9.17) is 23.2 Å². The van der Waals surface area contributed by atoms with Gasteiger partial charge >= 0.3 is 0 Å². The van der Waals surface area contributed by atoms with Crippen molar-refractivity contribution in [1.82, 2.24) is 0 Å². The van der Waals surface area contributed by atoms with Gasteiger partial charge in [0.2, 0.25) is 0 Å². The smallest absolute Gasteiger partial charge is 0.258 e. The zero-order valence-corrected chi connectivity index (χ0v) is 37.5. The highest BCUT2D eigenvalue weighted by Gasteiger charge is 2.29. The summed E-state index contributed by atoms with van der Waals surface area (Å²) >= 11 is 12.2. The molecule has 0 saturated heterocycles. The number of fused-ring (bicyclic) bond motifs is 2. The Morgan fingerprint density at radius 1 is 0.562 bits per heavy atom. The molecule has 0 aromatic heterocycles. The van der Waals surface area contributed by atoms with Crippen LogP contribution >= 0.6 is 23.2 Å². The number of halogens is 2. The molecule has 0 radical (unpaired) electrons. The average molecular weight is 896 g/mol. The van der Waals surface area contributed by atoms with Crippen LogP contribution in [0.5, 0.6) is 0 Å².